The molecule has 0 fully saturated rings. The monoisotopic (exact) mass is 556 g/mol. The number of halogens is 1. The largest absolute Gasteiger partial charge is 0.477 e. The van der Waals surface area contributed by atoms with Crippen LogP contribution >= 0.6 is 11.6 Å². The third-order valence-electron chi connectivity index (χ3n) is 6.36. The fraction of sp³-hybridized carbons (Fsp3) is 0.296. The van der Waals surface area contributed by atoms with Crippen molar-refractivity contribution in [2.75, 3.05) is 4.72 Å². The lowest BCUT2D eigenvalue weighted by molar-refractivity contribution is 0.0684. The van der Waals surface area contributed by atoms with Gasteiger partial charge in [-0.3, -0.25) is 4.72 Å². The smallest absolute Gasteiger partial charge is 0.354 e. The second-order valence-corrected chi connectivity index (χ2v) is 11.0. The Bertz CT molecular complexity index is 1610. The molecular weight excluding hydrogens is 528 g/mol. The molecule has 0 amide bonds. The third-order valence-corrected chi connectivity index (χ3v) is 8.07. The van der Waals surface area contributed by atoms with E-state index in [0.717, 1.165) is 12.0 Å². The van der Waals surface area contributed by atoms with E-state index in [2.05, 4.69) is 14.9 Å². The Kier molecular flexibility index (Phi) is 7.94. The van der Waals surface area contributed by atoms with Gasteiger partial charge in [0.15, 0.2) is 11.5 Å². The Balaban J connectivity index is 1.71. The Labute approximate surface area is 226 Å². The predicted octanol–water partition coefficient (Wildman–Crippen LogP) is 5.87. The van der Waals surface area contributed by atoms with Gasteiger partial charge >= 0.3 is 5.97 Å². The number of nitrogens with one attached hydrogen (secondary N) is 1. The summed E-state index contributed by atoms with van der Waals surface area (Å²) in [7, 11) is -4.01. The van der Waals surface area contributed by atoms with Crippen LogP contribution in [-0.2, 0) is 29.4 Å². The number of hydrogen-bond donors (Lipinski definition) is 2. The number of aryl methyl sites for hydroxylation is 3. The molecule has 9 nitrogen and oxygen atoms in total. The van der Waals surface area contributed by atoms with Gasteiger partial charge in [-0.25, -0.2) is 18.2 Å². The fourth-order valence-electron chi connectivity index (χ4n) is 4.30. The number of benzene rings is 2. The van der Waals surface area contributed by atoms with Crippen molar-refractivity contribution in [3.8, 4) is 11.1 Å². The molecule has 2 aromatic heterocycles. The molecule has 4 aromatic rings. The molecule has 0 bridgehead atoms. The highest BCUT2D eigenvalue weighted by molar-refractivity contribution is 7.92. The van der Waals surface area contributed by atoms with Crippen LogP contribution in [0.5, 0.6) is 0 Å². The Morgan fingerprint density at radius 1 is 1.13 bits per heavy atom. The highest BCUT2D eigenvalue weighted by Crippen LogP contribution is 2.35. The van der Waals surface area contributed by atoms with Gasteiger partial charge in [-0.2, -0.15) is 0 Å². The van der Waals surface area contributed by atoms with E-state index in [4.69, 9.17) is 16.1 Å². The molecule has 0 saturated carbocycles. The fourth-order valence-corrected chi connectivity index (χ4v) is 5.89. The van der Waals surface area contributed by atoms with Gasteiger partial charge in [0.1, 0.15) is 11.6 Å². The summed E-state index contributed by atoms with van der Waals surface area (Å²) in [5, 5.41) is 14.0. The number of hydrogen-bond acceptors (Lipinski definition) is 6. The average Bonchev–Trinajstić information content (AvgIpc) is 3.38. The summed E-state index contributed by atoms with van der Waals surface area (Å²) in [4.78, 5) is 16.6. The Hall–Kier alpha value is -3.63. The van der Waals surface area contributed by atoms with Crippen LogP contribution in [0.1, 0.15) is 59.2 Å². The number of nitrogens with zero attached hydrogens (tertiary/aromatic N) is 3. The first kappa shape index (κ1) is 27.4. The number of sulfonamides is 1. The normalized spacial score (nSPS) is 11.6. The van der Waals surface area contributed by atoms with Crippen LogP contribution in [-0.4, -0.2) is 34.2 Å². The van der Waals surface area contributed by atoms with Gasteiger partial charge in [0.05, 0.1) is 10.6 Å². The molecule has 0 radical (unpaired) electrons. The summed E-state index contributed by atoms with van der Waals surface area (Å²) >= 11 is 6.69. The van der Waals surface area contributed by atoms with Crippen molar-refractivity contribution in [2.24, 2.45) is 0 Å². The van der Waals surface area contributed by atoms with E-state index in [0.29, 0.717) is 51.8 Å². The number of rotatable bonds is 10. The average molecular weight is 557 g/mol. The summed E-state index contributed by atoms with van der Waals surface area (Å²) in [5.41, 5.74) is 3.04. The van der Waals surface area contributed by atoms with Crippen LogP contribution in [0.4, 0.5) is 5.82 Å². The molecule has 0 saturated heterocycles. The first-order valence-corrected chi connectivity index (χ1v) is 14.1. The number of carboxylic acids is 1. The van der Waals surface area contributed by atoms with Crippen molar-refractivity contribution in [1.82, 2.24) is 14.7 Å². The zero-order valence-corrected chi connectivity index (χ0v) is 23.2. The van der Waals surface area contributed by atoms with E-state index in [1.807, 2.05) is 19.9 Å². The molecule has 0 unspecified atom stereocenters. The second kappa shape index (κ2) is 11.0. The number of imidazole rings is 1. The highest BCUT2D eigenvalue weighted by atomic mass is 35.5. The van der Waals surface area contributed by atoms with Gasteiger partial charge in [-0.05, 0) is 44.4 Å². The topological polar surface area (TPSA) is 127 Å². The van der Waals surface area contributed by atoms with Crippen molar-refractivity contribution < 1.29 is 22.8 Å². The minimum absolute atomic E-state index is 0.0373. The van der Waals surface area contributed by atoms with Crippen molar-refractivity contribution in [3.05, 3.63) is 81.6 Å². The molecular formula is C27H29ClN4O5S. The third kappa shape index (κ3) is 5.32. The number of aromatic carboxylic acids is 1. The molecule has 0 aliphatic carbocycles. The minimum atomic E-state index is -4.01. The molecule has 0 aliphatic heterocycles. The van der Waals surface area contributed by atoms with E-state index in [-0.39, 0.29) is 23.0 Å². The molecule has 11 heteroatoms. The van der Waals surface area contributed by atoms with Crippen LogP contribution < -0.4 is 4.72 Å². The Morgan fingerprint density at radius 3 is 2.47 bits per heavy atom. The zero-order chi connectivity index (χ0) is 27.6. The standard InChI is InChI=1S/C27H29ClN4O5S/c1-5-9-24-29-22(6-2)25(27(33)34)32(24)15-18-12-13-19(21(28)14-18)20-10-7-8-11-23(20)38(35,36)31-26-16(3)17(4)37-30-26/h7-8,10-14H,5-6,9,15H2,1-4H3,(H,30,31)(H,33,34). The molecule has 200 valence electrons. The van der Waals surface area contributed by atoms with Crippen molar-refractivity contribution in [1.29, 1.82) is 0 Å². The van der Waals surface area contributed by atoms with E-state index in [1.165, 1.54) is 6.07 Å². The van der Waals surface area contributed by atoms with Gasteiger partial charge in [0.25, 0.3) is 10.0 Å². The highest BCUT2D eigenvalue weighted by Gasteiger charge is 2.24. The van der Waals surface area contributed by atoms with Gasteiger partial charge in [0, 0.05) is 34.7 Å². The summed E-state index contributed by atoms with van der Waals surface area (Å²) in [6.07, 6.45) is 1.98. The molecule has 38 heavy (non-hydrogen) atoms. The van der Waals surface area contributed by atoms with Crippen LogP contribution in [0.15, 0.2) is 51.9 Å². The first-order chi connectivity index (χ1) is 18.1. The molecule has 0 atom stereocenters. The van der Waals surface area contributed by atoms with Gasteiger partial charge < -0.3 is 14.2 Å². The van der Waals surface area contributed by atoms with Crippen LogP contribution in [0.25, 0.3) is 11.1 Å². The predicted molar refractivity (Wildman–Crippen MR) is 145 cm³/mol. The van der Waals surface area contributed by atoms with Crippen LogP contribution in [0, 0.1) is 13.8 Å². The van der Waals surface area contributed by atoms with E-state index < -0.39 is 16.0 Å². The molecule has 2 aromatic carbocycles. The number of carbonyl (C=O) groups is 1. The van der Waals surface area contributed by atoms with E-state index in [9.17, 15) is 18.3 Å². The van der Waals surface area contributed by atoms with E-state index in [1.54, 1.807) is 48.7 Å². The summed E-state index contributed by atoms with van der Waals surface area (Å²) in [6.45, 7) is 7.59. The molecule has 0 spiro atoms. The SMILES string of the molecule is CCCc1nc(CC)c(C(=O)O)n1Cc1ccc(-c2ccccc2S(=O)(=O)Nc2noc(C)c2C)c(Cl)c1. The van der Waals surface area contributed by atoms with Crippen molar-refractivity contribution in [3.63, 3.8) is 0 Å². The van der Waals surface area contributed by atoms with Crippen LogP contribution in [0.2, 0.25) is 5.02 Å². The maximum Gasteiger partial charge on any atom is 0.354 e. The molecule has 2 N–H and O–H groups in total. The number of aromatic nitrogens is 3. The zero-order valence-electron chi connectivity index (χ0n) is 21.6. The van der Waals surface area contributed by atoms with Gasteiger partial charge in [-0.1, -0.05) is 60.9 Å². The quantitative estimate of drug-likeness (QED) is 0.250. The lowest BCUT2D eigenvalue weighted by Gasteiger charge is -2.15. The van der Waals surface area contributed by atoms with Gasteiger partial charge in [0.2, 0.25) is 0 Å². The maximum atomic E-state index is 13.3. The molecule has 2 heterocycles. The van der Waals surface area contributed by atoms with Crippen molar-refractivity contribution >= 4 is 33.4 Å². The summed E-state index contributed by atoms with van der Waals surface area (Å²) in [5.74, 6) is 0.334. The number of anilines is 1. The second-order valence-electron chi connectivity index (χ2n) is 8.95. The molecule has 0 aliphatic rings. The summed E-state index contributed by atoms with van der Waals surface area (Å²) in [6, 6.07) is 11.8. The molecule has 4 rings (SSSR count). The maximum absolute atomic E-state index is 13.3. The summed E-state index contributed by atoms with van der Waals surface area (Å²) < 4.78 is 35.9. The van der Waals surface area contributed by atoms with Crippen LogP contribution in [0.3, 0.4) is 0 Å². The van der Waals surface area contributed by atoms with E-state index >= 15 is 0 Å². The minimum Gasteiger partial charge on any atom is -0.477 e. The lowest BCUT2D eigenvalue weighted by Crippen LogP contribution is -2.15. The Morgan fingerprint density at radius 2 is 1.87 bits per heavy atom. The lowest BCUT2D eigenvalue weighted by atomic mass is 10.0. The van der Waals surface area contributed by atoms with Gasteiger partial charge in [-0.15, -0.1) is 0 Å². The van der Waals surface area contributed by atoms with Crippen molar-refractivity contribution in [2.45, 2.75) is 58.4 Å². The number of carboxylic acid groups (broad SMARTS) is 1. The first-order valence-electron chi connectivity index (χ1n) is 12.2.